The van der Waals surface area contributed by atoms with Crippen LogP contribution in [0.15, 0.2) is 18.2 Å². The summed E-state index contributed by atoms with van der Waals surface area (Å²) in [6, 6.07) is 4.64. The van der Waals surface area contributed by atoms with Crippen molar-refractivity contribution in [3.05, 3.63) is 35.2 Å². The van der Waals surface area contributed by atoms with Crippen molar-refractivity contribution in [1.29, 1.82) is 0 Å². The van der Waals surface area contributed by atoms with Crippen molar-refractivity contribution in [2.24, 2.45) is 5.73 Å². The number of imidazole rings is 1. The molecule has 0 aliphatic carbocycles. The molecule has 3 heterocycles. The molecule has 3 amide bonds. The largest absolute Gasteiger partial charge is 0.489 e. The van der Waals surface area contributed by atoms with E-state index in [0.717, 1.165) is 5.69 Å². The van der Waals surface area contributed by atoms with Gasteiger partial charge in [0, 0.05) is 24.2 Å². The number of nitrogens with zero attached hydrogens (tertiary/aromatic N) is 5. The van der Waals surface area contributed by atoms with Crippen LogP contribution < -0.4 is 15.8 Å². The first-order valence-corrected chi connectivity index (χ1v) is 12.3. The Hall–Kier alpha value is -4.09. The van der Waals surface area contributed by atoms with Gasteiger partial charge in [-0.05, 0) is 65.7 Å². The van der Waals surface area contributed by atoms with E-state index >= 15 is 0 Å². The van der Waals surface area contributed by atoms with Gasteiger partial charge in [0.05, 0.1) is 17.3 Å². The molecule has 1 aliphatic rings. The Morgan fingerprint density at radius 3 is 2.62 bits per heavy atom. The number of benzene rings is 1. The molecule has 1 aliphatic heterocycles. The number of hydrogen-bond donors (Lipinski definition) is 3. The maximum atomic E-state index is 13.2. The molecule has 37 heavy (non-hydrogen) atoms. The summed E-state index contributed by atoms with van der Waals surface area (Å²) in [6.07, 6.45) is 0.177. The molecule has 0 saturated carbocycles. The number of rotatable bonds is 8. The van der Waals surface area contributed by atoms with Crippen molar-refractivity contribution in [2.75, 3.05) is 18.5 Å². The minimum absolute atomic E-state index is 0.222. The summed E-state index contributed by atoms with van der Waals surface area (Å²) in [5.74, 6) is -0.210. The quantitative estimate of drug-likeness (QED) is 0.418. The second-order valence-corrected chi connectivity index (χ2v) is 10.2. The predicted octanol–water partition coefficient (Wildman–Crippen LogP) is 3.40. The van der Waals surface area contributed by atoms with Crippen molar-refractivity contribution in [2.45, 2.75) is 65.6 Å². The number of carbonyl (C=O) groups is 3. The van der Waals surface area contributed by atoms with E-state index in [1.807, 2.05) is 39.2 Å². The number of nitrogens with one attached hydrogen (secondary N) is 1. The Labute approximate surface area is 214 Å². The molecular formula is C25H33N7O5. The van der Waals surface area contributed by atoms with Crippen molar-refractivity contribution in [3.63, 3.8) is 0 Å². The number of carboxylic acid groups (broad SMARTS) is 1. The van der Waals surface area contributed by atoms with Crippen LogP contribution in [0.3, 0.4) is 0 Å². The van der Waals surface area contributed by atoms with Gasteiger partial charge < -0.3 is 25.0 Å². The Bertz CT molecular complexity index is 1370. The number of anilines is 1. The molecule has 2 aromatic heterocycles. The maximum Gasteiger partial charge on any atom is 0.407 e. The van der Waals surface area contributed by atoms with E-state index in [2.05, 4.69) is 15.4 Å². The summed E-state index contributed by atoms with van der Waals surface area (Å²) in [4.78, 5) is 42.9. The number of amides is 3. The molecular weight excluding hydrogens is 478 g/mol. The van der Waals surface area contributed by atoms with Crippen LogP contribution in [0.2, 0.25) is 0 Å². The lowest BCUT2D eigenvalue weighted by Crippen LogP contribution is -2.45. The van der Waals surface area contributed by atoms with Crippen LogP contribution in [0, 0.1) is 6.92 Å². The van der Waals surface area contributed by atoms with Crippen molar-refractivity contribution in [3.8, 4) is 5.75 Å². The Kier molecular flexibility index (Phi) is 6.85. The van der Waals surface area contributed by atoms with Crippen molar-refractivity contribution >= 4 is 34.9 Å². The Morgan fingerprint density at radius 2 is 2.00 bits per heavy atom. The van der Waals surface area contributed by atoms with E-state index in [1.165, 1.54) is 4.90 Å². The zero-order valence-electron chi connectivity index (χ0n) is 21.7. The van der Waals surface area contributed by atoms with Gasteiger partial charge in [-0.3, -0.25) is 19.6 Å². The fraction of sp³-hybridized carbons (Fsp3) is 0.480. The van der Waals surface area contributed by atoms with Crippen LogP contribution in [0.4, 0.5) is 10.7 Å². The molecule has 0 spiro atoms. The number of primary amides is 1. The van der Waals surface area contributed by atoms with E-state index in [4.69, 9.17) is 10.5 Å². The highest BCUT2D eigenvalue weighted by Crippen LogP contribution is 2.38. The van der Waals surface area contributed by atoms with Gasteiger partial charge >= 0.3 is 6.09 Å². The normalized spacial score (nSPS) is 14.9. The monoisotopic (exact) mass is 511 g/mol. The second kappa shape index (κ2) is 9.75. The highest BCUT2D eigenvalue weighted by molar-refractivity contribution is 6.04. The van der Waals surface area contributed by atoms with E-state index in [1.54, 1.807) is 22.9 Å². The summed E-state index contributed by atoms with van der Waals surface area (Å²) in [5.41, 5.74) is 7.46. The van der Waals surface area contributed by atoms with Gasteiger partial charge in [-0.25, -0.2) is 9.78 Å². The lowest BCUT2D eigenvalue weighted by Gasteiger charge is -2.34. The van der Waals surface area contributed by atoms with Crippen LogP contribution in [0.25, 0.3) is 11.0 Å². The Morgan fingerprint density at radius 1 is 1.27 bits per heavy atom. The smallest absolute Gasteiger partial charge is 0.407 e. The number of nitrogens with two attached hydrogens (primary N) is 1. The number of aromatic nitrogens is 4. The minimum atomic E-state index is -0.975. The van der Waals surface area contributed by atoms with Crippen LogP contribution in [0.5, 0.6) is 5.75 Å². The molecule has 4 N–H and O–H groups in total. The van der Waals surface area contributed by atoms with Gasteiger partial charge in [0.1, 0.15) is 23.6 Å². The molecule has 1 aromatic carbocycles. The van der Waals surface area contributed by atoms with E-state index in [-0.39, 0.29) is 24.1 Å². The molecule has 198 valence electrons. The first-order valence-electron chi connectivity index (χ1n) is 12.3. The highest BCUT2D eigenvalue weighted by Gasteiger charge is 2.31. The predicted molar refractivity (Wildman–Crippen MR) is 137 cm³/mol. The Balaban J connectivity index is 1.69. The fourth-order valence-corrected chi connectivity index (χ4v) is 4.70. The lowest BCUT2D eigenvalue weighted by atomic mass is 10.0. The third-order valence-electron chi connectivity index (χ3n) is 6.45. The molecule has 0 unspecified atom stereocenters. The van der Waals surface area contributed by atoms with Gasteiger partial charge in [-0.2, -0.15) is 5.10 Å². The summed E-state index contributed by atoms with van der Waals surface area (Å²) in [6.45, 7) is 10.4. The maximum absolute atomic E-state index is 13.2. The fourth-order valence-electron chi connectivity index (χ4n) is 4.70. The third-order valence-corrected chi connectivity index (χ3v) is 6.45. The highest BCUT2D eigenvalue weighted by atomic mass is 16.5. The zero-order valence-corrected chi connectivity index (χ0v) is 21.7. The minimum Gasteiger partial charge on any atom is -0.489 e. The third kappa shape index (κ3) is 5.09. The topological polar surface area (TPSA) is 158 Å². The molecule has 0 fully saturated rings. The number of aryl methyl sites for hydroxylation is 2. The van der Waals surface area contributed by atoms with Crippen LogP contribution >= 0.6 is 0 Å². The number of carbonyl (C=O) groups excluding carboxylic acids is 2. The standard InChI is InChI=1S/C25H33N7O5/c1-6-31-18(10-14(2)29-31)22(34)28-23-27-17-11-15(21(26)33)12-19-20(17)32(23)16(13-37-19)8-7-9-30(24(35)36)25(3,4)5/h10-12,16H,6-9,13H2,1-5H3,(H2,26,33)(H,35,36)(H,27,28,34)/t16-/m0/s1. The average molecular weight is 512 g/mol. The number of ether oxygens (including phenoxy) is 1. The van der Waals surface area contributed by atoms with Crippen molar-refractivity contribution in [1.82, 2.24) is 24.2 Å². The zero-order chi connectivity index (χ0) is 27.1. The molecule has 0 radical (unpaired) electrons. The van der Waals surface area contributed by atoms with E-state index in [9.17, 15) is 19.5 Å². The summed E-state index contributed by atoms with van der Waals surface area (Å²) in [7, 11) is 0. The summed E-state index contributed by atoms with van der Waals surface area (Å²) < 4.78 is 9.51. The summed E-state index contributed by atoms with van der Waals surface area (Å²) >= 11 is 0. The van der Waals surface area contributed by atoms with Gasteiger partial charge in [0.15, 0.2) is 0 Å². The second-order valence-electron chi connectivity index (χ2n) is 10.2. The van der Waals surface area contributed by atoms with Crippen molar-refractivity contribution < 1.29 is 24.2 Å². The molecule has 0 saturated heterocycles. The van der Waals surface area contributed by atoms with Crippen LogP contribution in [-0.2, 0) is 6.54 Å². The van der Waals surface area contributed by atoms with Gasteiger partial charge in [-0.1, -0.05) is 0 Å². The molecule has 12 heteroatoms. The van der Waals surface area contributed by atoms with Crippen LogP contribution in [0.1, 0.15) is 73.1 Å². The lowest BCUT2D eigenvalue weighted by molar-refractivity contribution is 0.0964. The average Bonchev–Trinajstić information content (AvgIpc) is 3.37. The first kappa shape index (κ1) is 26.0. The van der Waals surface area contributed by atoms with Gasteiger partial charge in [0.2, 0.25) is 11.9 Å². The van der Waals surface area contributed by atoms with Gasteiger partial charge in [-0.15, -0.1) is 0 Å². The molecule has 0 bridgehead atoms. The number of hydrogen-bond acceptors (Lipinski definition) is 6. The molecule has 3 aromatic rings. The van der Waals surface area contributed by atoms with E-state index < -0.39 is 17.5 Å². The molecule has 4 rings (SSSR count). The SMILES string of the molecule is CCn1nc(C)cc1C(=O)Nc1nc2cc(C(N)=O)cc3c2n1[C@@H](CCCN(C(=O)O)C(C)(C)C)CO3. The molecule has 12 nitrogen and oxygen atoms in total. The molecule has 1 atom stereocenters. The first-order chi connectivity index (χ1) is 17.4. The van der Waals surface area contributed by atoms with Gasteiger partial charge in [0.25, 0.3) is 5.91 Å². The van der Waals surface area contributed by atoms with E-state index in [0.29, 0.717) is 54.4 Å². The summed E-state index contributed by atoms with van der Waals surface area (Å²) in [5, 5.41) is 16.9. The van der Waals surface area contributed by atoms with Crippen LogP contribution in [-0.4, -0.2) is 65.9 Å².